The normalized spacial score (nSPS) is 10.9. The van der Waals surface area contributed by atoms with Gasteiger partial charge in [0.15, 0.2) is 0 Å². The van der Waals surface area contributed by atoms with Crippen molar-refractivity contribution >= 4 is 6.41 Å². The maximum Gasteiger partial charge on any atom is 0.207 e. The van der Waals surface area contributed by atoms with E-state index in [9.17, 15) is 4.79 Å². The van der Waals surface area contributed by atoms with Crippen molar-refractivity contribution in [2.75, 3.05) is 6.54 Å². The van der Waals surface area contributed by atoms with E-state index in [-0.39, 0.29) is 0 Å². The number of rotatable bonds is 14. The van der Waals surface area contributed by atoms with Crippen LogP contribution in [0.2, 0.25) is 0 Å². The summed E-state index contributed by atoms with van der Waals surface area (Å²) in [6, 6.07) is 0. The molecule has 106 valence electrons. The molecule has 0 aromatic rings. The fraction of sp³-hybridized carbons (Fsp3) is 0.812. The largest absolute Gasteiger partial charge is 0.355 e. The molecular formula is C16H31NO. The van der Waals surface area contributed by atoms with E-state index >= 15 is 0 Å². The predicted octanol–water partition coefficient (Wildman–Crippen LogP) is 4.60. The van der Waals surface area contributed by atoms with E-state index in [0.717, 1.165) is 12.8 Å². The Kier molecular flexibility index (Phi) is 15.5. The van der Waals surface area contributed by atoms with Crippen molar-refractivity contribution in [2.45, 2.75) is 77.6 Å². The van der Waals surface area contributed by atoms with Crippen LogP contribution in [0.5, 0.6) is 0 Å². The smallest absolute Gasteiger partial charge is 0.207 e. The molecule has 0 saturated carbocycles. The van der Waals surface area contributed by atoms with Gasteiger partial charge in [-0.25, -0.2) is 0 Å². The summed E-state index contributed by atoms with van der Waals surface area (Å²) in [5.74, 6) is 0. The molecule has 1 N–H and O–H groups in total. The molecule has 0 fully saturated rings. The highest BCUT2D eigenvalue weighted by Crippen LogP contribution is 2.11. The molecule has 0 bridgehead atoms. The molecule has 0 aliphatic heterocycles. The Morgan fingerprint density at radius 1 is 0.778 bits per heavy atom. The zero-order valence-electron chi connectivity index (χ0n) is 12.1. The summed E-state index contributed by atoms with van der Waals surface area (Å²) in [4.78, 5) is 9.98. The molecule has 18 heavy (non-hydrogen) atoms. The Morgan fingerprint density at radius 2 is 1.33 bits per heavy atom. The van der Waals surface area contributed by atoms with E-state index in [1.165, 1.54) is 64.2 Å². The van der Waals surface area contributed by atoms with Gasteiger partial charge in [0.05, 0.1) is 0 Å². The molecule has 2 nitrogen and oxygen atoms in total. The number of hydrogen-bond donors (Lipinski definition) is 1. The molecule has 0 radical (unpaired) electrons. The third kappa shape index (κ3) is 15.2. The highest BCUT2D eigenvalue weighted by atomic mass is 16.1. The zero-order valence-corrected chi connectivity index (χ0v) is 12.1. The van der Waals surface area contributed by atoms with Gasteiger partial charge in [0.2, 0.25) is 6.41 Å². The molecule has 0 aliphatic carbocycles. The topological polar surface area (TPSA) is 29.1 Å². The van der Waals surface area contributed by atoms with Gasteiger partial charge < -0.3 is 5.32 Å². The first-order valence-electron chi connectivity index (χ1n) is 7.73. The molecular weight excluding hydrogens is 222 g/mol. The molecule has 0 heterocycles. The van der Waals surface area contributed by atoms with Crippen LogP contribution >= 0.6 is 0 Å². The number of unbranched alkanes of at least 4 members (excludes halogenated alkanes) is 10. The van der Waals surface area contributed by atoms with Crippen molar-refractivity contribution in [2.24, 2.45) is 0 Å². The molecule has 2 heteroatoms. The predicted molar refractivity (Wildman–Crippen MR) is 79.7 cm³/mol. The second kappa shape index (κ2) is 16.2. The van der Waals surface area contributed by atoms with Gasteiger partial charge in [-0.05, 0) is 12.8 Å². The van der Waals surface area contributed by atoms with Crippen LogP contribution in [0.25, 0.3) is 0 Å². The Bertz CT molecular complexity index is 190. The van der Waals surface area contributed by atoms with Crippen LogP contribution in [-0.2, 0) is 4.79 Å². The fourth-order valence-electron chi connectivity index (χ4n) is 2.07. The van der Waals surface area contributed by atoms with Crippen LogP contribution in [0, 0.1) is 0 Å². The van der Waals surface area contributed by atoms with Crippen LogP contribution < -0.4 is 5.32 Å². The van der Waals surface area contributed by atoms with Crippen molar-refractivity contribution in [3.05, 3.63) is 12.2 Å². The summed E-state index contributed by atoms with van der Waals surface area (Å²) in [6.45, 7) is 2.94. The SMILES string of the molecule is CCCCCCCCCCCCC=CCNC=O. The monoisotopic (exact) mass is 253 g/mol. The average Bonchev–Trinajstić information content (AvgIpc) is 2.39. The van der Waals surface area contributed by atoms with E-state index in [1.807, 2.05) is 6.08 Å². The van der Waals surface area contributed by atoms with Crippen molar-refractivity contribution in [1.82, 2.24) is 5.32 Å². The first kappa shape index (κ1) is 17.2. The Morgan fingerprint density at radius 3 is 1.89 bits per heavy atom. The highest BCUT2D eigenvalue weighted by Gasteiger charge is 1.91. The maximum atomic E-state index is 9.98. The van der Waals surface area contributed by atoms with E-state index in [2.05, 4.69) is 18.3 Å². The van der Waals surface area contributed by atoms with Crippen molar-refractivity contribution in [1.29, 1.82) is 0 Å². The summed E-state index contributed by atoms with van der Waals surface area (Å²) < 4.78 is 0. The van der Waals surface area contributed by atoms with Gasteiger partial charge in [-0.1, -0.05) is 76.9 Å². The fourth-order valence-corrected chi connectivity index (χ4v) is 2.07. The van der Waals surface area contributed by atoms with Gasteiger partial charge in [0.25, 0.3) is 0 Å². The highest BCUT2D eigenvalue weighted by molar-refractivity contribution is 5.46. The molecule has 0 unspecified atom stereocenters. The molecule has 0 aliphatic rings. The number of carbonyl (C=O) groups excluding carboxylic acids is 1. The lowest BCUT2D eigenvalue weighted by Crippen LogP contribution is -2.09. The number of hydrogen-bond acceptors (Lipinski definition) is 1. The molecule has 0 aromatic carbocycles. The summed E-state index contributed by atoms with van der Waals surface area (Å²) in [5, 5.41) is 2.62. The first-order chi connectivity index (χ1) is 8.91. The van der Waals surface area contributed by atoms with Gasteiger partial charge in [0, 0.05) is 6.54 Å². The lowest BCUT2D eigenvalue weighted by atomic mass is 10.1. The minimum Gasteiger partial charge on any atom is -0.355 e. The van der Waals surface area contributed by atoms with E-state index in [4.69, 9.17) is 0 Å². The van der Waals surface area contributed by atoms with Gasteiger partial charge in [-0.2, -0.15) is 0 Å². The van der Waals surface area contributed by atoms with Gasteiger partial charge >= 0.3 is 0 Å². The number of allylic oxidation sites excluding steroid dienone is 1. The van der Waals surface area contributed by atoms with E-state index < -0.39 is 0 Å². The quantitative estimate of drug-likeness (QED) is 0.273. The second-order valence-electron chi connectivity index (χ2n) is 4.97. The summed E-state index contributed by atoms with van der Waals surface area (Å²) in [5.41, 5.74) is 0. The van der Waals surface area contributed by atoms with Gasteiger partial charge in [0.1, 0.15) is 0 Å². The van der Waals surface area contributed by atoms with Crippen LogP contribution in [0.3, 0.4) is 0 Å². The van der Waals surface area contributed by atoms with Crippen molar-refractivity contribution in [3.8, 4) is 0 Å². The summed E-state index contributed by atoms with van der Waals surface area (Å²) in [6.07, 6.45) is 20.0. The summed E-state index contributed by atoms with van der Waals surface area (Å²) in [7, 11) is 0. The molecule has 0 saturated heterocycles. The first-order valence-corrected chi connectivity index (χ1v) is 7.73. The standard InChI is InChI=1S/C16H31NO/c1-2-3-4-5-6-7-8-9-10-11-12-13-14-15-17-16-18/h13-14,16H,2-12,15H2,1H3,(H,17,18). The van der Waals surface area contributed by atoms with Crippen molar-refractivity contribution in [3.63, 3.8) is 0 Å². The Hall–Kier alpha value is -0.790. The summed E-state index contributed by atoms with van der Waals surface area (Å²) >= 11 is 0. The average molecular weight is 253 g/mol. The number of nitrogens with one attached hydrogen (secondary N) is 1. The molecule has 0 rings (SSSR count). The van der Waals surface area contributed by atoms with Crippen LogP contribution in [0.1, 0.15) is 77.6 Å². The second-order valence-corrected chi connectivity index (χ2v) is 4.97. The third-order valence-corrected chi connectivity index (χ3v) is 3.21. The van der Waals surface area contributed by atoms with Gasteiger partial charge in [-0.15, -0.1) is 0 Å². The molecule has 0 spiro atoms. The lowest BCUT2D eigenvalue weighted by Gasteiger charge is -2.01. The van der Waals surface area contributed by atoms with Crippen LogP contribution in [-0.4, -0.2) is 13.0 Å². The van der Waals surface area contributed by atoms with Crippen molar-refractivity contribution < 1.29 is 4.79 Å². The van der Waals surface area contributed by atoms with Crippen LogP contribution in [0.15, 0.2) is 12.2 Å². The Balaban J connectivity index is 2.98. The molecule has 0 atom stereocenters. The molecule has 0 aromatic heterocycles. The Labute approximate surface area is 113 Å². The minimum atomic E-state index is 0.668. The maximum absolute atomic E-state index is 9.98. The van der Waals surface area contributed by atoms with E-state index in [0.29, 0.717) is 6.54 Å². The number of amides is 1. The van der Waals surface area contributed by atoms with Gasteiger partial charge in [-0.3, -0.25) is 4.79 Å². The van der Waals surface area contributed by atoms with E-state index in [1.54, 1.807) is 0 Å². The zero-order chi connectivity index (χ0) is 13.3. The van der Waals surface area contributed by atoms with Crippen LogP contribution in [0.4, 0.5) is 0 Å². The minimum absolute atomic E-state index is 0.668. The number of carbonyl (C=O) groups is 1. The third-order valence-electron chi connectivity index (χ3n) is 3.21. The lowest BCUT2D eigenvalue weighted by molar-refractivity contribution is -0.109. The molecule has 1 amide bonds.